The second kappa shape index (κ2) is 7.87. The molecule has 2 aromatic carbocycles. The average Bonchev–Trinajstić information content (AvgIpc) is 3.18. The van der Waals surface area contributed by atoms with Gasteiger partial charge in [0.1, 0.15) is 5.75 Å². The summed E-state index contributed by atoms with van der Waals surface area (Å²) in [7, 11) is 0. The maximum atomic E-state index is 12.3. The first-order valence-electron chi connectivity index (χ1n) is 8.62. The van der Waals surface area contributed by atoms with Crippen molar-refractivity contribution in [3.63, 3.8) is 0 Å². The molecule has 1 atom stereocenters. The van der Waals surface area contributed by atoms with Gasteiger partial charge in [-0.3, -0.25) is 4.79 Å². The largest absolute Gasteiger partial charge is 0.481 e. The lowest BCUT2D eigenvalue weighted by molar-refractivity contribution is -0.127. The Morgan fingerprint density at radius 1 is 1.19 bits per heavy atom. The zero-order chi connectivity index (χ0) is 18.5. The van der Waals surface area contributed by atoms with Crippen LogP contribution in [-0.2, 0) is 11.3 Å². The van der Waals surface area contributed by atoms with Gasteiger partial charge < -0.3 is 14.6 Å². The summed E-state index contributed by atoms with van der Waals surface area (Å²) < 4.78 is 7.75. The van der Waals surface area contributed by atoms with E-state index in [-0.39, 0.29) is 5.91 Å². The van der Waals surface area contributed by atoms with E-state index in [1.54, 1.807) is 19.4 Å². The van der Waals surface area contributed by atoms with Crippen LogP contribution in [0.3, 0.4) is 0 Å². The molecular weight excluding hydrogens is 326 g/mol. The zero-order valence-electron chi connectivity index (χ0n) is 15.3. The molecule has 1 heterocycles. The van der Waals surface area contributed by atoms with Crippen molar-refractivity contribution < 1.29 is 9.53 Å². The van der Waals surface area contributed by atoms with Crippen LogP contribution < -0.4 is 10.1 Å². The zero-order valence-corrected chi connectivity index (χ0v) is 15.3. The topological polar surface area (TPSA) is 56.1 Å². The van der Waals surface area contributed by atoms with Crippen LogP contribution in [-0.4, -0.2) is 21.6 Å². The van der Waals surface area contributed by atoms with Crippen molar-refractivity contribution in [1.29, 1.82) is 0 Å². The van der Waals surface area contributed by atoms with Crippen molar-refractivity contribution in [2.24, 2.45) is 0 Å². The molecule has 1 amide bonds. The Kier molecular flexibility index (Phi) is 5.37. The van der Waals surface area contributed by atoms with E-state index < -0.39 is 6.10 Å². The summed E-state index contributed by atoms with van der Waals surface area (Å²) in [6.07, 6.45) is 4.83. The van der Waals surface area contributed by atoms with Gasteiger partial charge in [-0.1, -0.05) is 24.3 Å². The first kappa shape index (κ1) is 17.7. The third kappa shape index (κ3) is 4.11. The molecule has 0 spiro atoms. The molecule has 26 heavy (non-hydrogen) atoms. The van der Waals surface area contributed by atoms with E-state index in [2.05, 4.69) is 10.3 Å². The molecule has 0 unspecified atom stereocenters. The SMILES string of the molecule is Cc1cccc(O[C@@H](C)C(=O)NCc2ccc(-n3ccnc3)cc2)c1C. The summed E-state index contributed by atoms with van der Waals surface area (Å²) in [6.45, 7) is 6.25. The molecule has 0 radical (unpaired) electrons. The summed E-state index contributed by atoms with van der Waals surface area (Å²) in [5.41, 5.74) is 4.26. The van der Waals surface area contributed by atoms with Crippen molar-refractivity contribution in [3.8, 4) is 11.4 Å². The van der Waals surface area contributed by atoms with Gasteiger partial charge in [0.25, 0.3) is 5.91 Å². The average molecular weight is 349 g/mol. The van der Waals surface area contributed by atoms with Crippen LogP contribution >= 0.6 is 0 Å². The predicted octanol–water partition coefficient (Wildman–Crippen LogP) is 3.57. The lowest BCUT2D eigenvalue weighted by Crippen LogP contribution is -2.36. The number of ether oxygens (including phenoxy) is 1. The van der Waals surface area contributed by atoms with E-state index in [4.69, 9.17) is 4.74 Å². The normalized spacial score (nSPS) is 11.8. The standard InChI is InChI=1S/C21H23N3O2/c1-15-5-4-6-20(16(15)2)26-17(3)21(25)23-13-18-7-9-19(10-8-18)24-12-11-22-14-24/h4-12,14,17H,13H2,1-3H3,(H,23,25)/t17-/m0/s1. The number of hydrogen-bond acceptors (Lipinski definition) is 3. The lowest BCUT2D eigenvalue weighted by Gasteiger charge is -2.17. The fourth-order valence-corrected chi connectivity index (χ4v) is 2.63. The number of aromatic nitrogens is 2. The maximum absolute atomic E-state index is 12.3. The molecule has 3 aromatic rings. The summed E-state index contributed by atoms with van der Waals surface area (Å²) in [4.78, 5) is 16.4. The molecular formula is C21H23N3O2. The molecule has 1 N–H and O–H groups in total. The van der Waals surface area contributed by atoms with Crippen molar-refractivity contribution >= 4 is 5.91 Å². The van der Waals surface area contributed by atoms with Gasteiger partial charge in [-0.05, 0) is 55.7 Å². The fourth-order valence-electron chi connectivity index (χ4n) is 2.63. The minimum Gasteiger partial charge on any atom is -0.481 e. The molecule has 0 bridgehead atoms. The highest BCUT2D eigenvalue weighted by Crippen LogP contribution is 2.21. The summed E-state index contributed by atoms with van der Waals surface area (Å²) >= 11 is 0. The highest BCUT2D eigenvalue weighted by molar-refractivity contribution is 5.80. The molecule has 5 heteroatoms. The van der Waals surface area contributed by atoms with Crippen LogP contribution in [0, 0.1) is 13.8 Å². The van der Waals surface area contributed by atoms with Crippen LogP contribution in [0.2, 0.25) is 0 Å². The number of aryl methyl sites for hydroxylation is 1. The first-order chi connectivity index (χ1) is 12.5. The van der Waals surface area contributed by atoms with E-state index >= 15 is 0 Å². The van der Waals surface area contributed by atoms with Crippen LogP contribution in [0.15, 0.2) is 61.2 Å². The Morgan fingerprint density at radius 3 is 2.65 bits per heavy atom. The number of carbonyl (C=O) groups is 1. The van der Waals surface area contributed by atoms with Gasteiger partial charge in [0, 0.05) is 24.6 Å². The number of carbonyl (C=O) groups excluding carboxylic acids is 1. The monoisotopic (exact) mass is 349 g/mol. The van der Waals surface area contributed by atoms with Gasteiger partial charge >= 0.3 is 0 Å². The molecule has 0 fully saturated rings. The number of hydrogen-bond donors (Lipinski definition) is 1. The van der Waals surface area contributed by atoms with E-state index in [1.807, 2.05) is 67.1 Å². The lowest BCUT2D eigenvalue weighted by atomic mass is 10.1. The Morgan fingerprint density at radius 2 is 1.96 bits per heavy atom. The second-order valence-corrected chi connectivity index (χ2v) is 6.31. The van der Waals surface area contributed by atoms with Gasteiger partial charge in [0.2, 0.25) is 0 Å². The molecule has 0 aliphatic carbocycles. The number of rotatable bonds is 6. The van der Waals surface area contributed by atoms with Crippen molar-refractivity contribution in [3.05, 3.63) is 77.9 Å². The minimum atomic E-state index is -0.555. The van der Waals surface area contributed by atoms with Gasteiger partial charge in [0.15, 0.2) is 6.10 Å². The Labute approximate surface area is 153 Å². The maximum Gasteiger partial charge on any atom is 0.261 e. The quantitative estimate of drug-likeness (QED) is 0.740. The van der Waals surface area contributed by atoms with Gasteiger partial charge in [0.05, 0.1) is 6.33 Å². The molecule has 5 nitrogen and oxygen atoms in total. The number of nitrogens with one attached hydrogen (secondary N) is 1. The summed E-state index contributed by atoms with van der Waals surface area (Å²) in [5.74, 6) is 0.613. The van der Waals surface area contributed by atoms with E-state index in [9.17, 15) is 4.79 Å². The number of nitrogens with zero attached hydrogens (tertiary/aromatic N) is 2. The van der Waals surface area contributed by atoms with Gasteiger partial charge in [-0.25, -0.2) is 4.98 Å². The van der Waals surface area contributed by atoms with Crippen LogP contribution in [0.1, 0.15) is 23.6 Å². The Hall–Kier alpha value is -3.08. The minimum absolute atomic E-state index is 0.135. The van der Waals surface area contributed by atoms with Crippen molar-refractivity contribution in [1.82, 2.24) is 14.9 Å². The molecule has 134 valence electrons. The van der Waals surface area contributed by atoms with Crippen LogP contribution in [0.25, 0.3) is 5.69 Å². The second-order valence-electron chi connectivity index (χ2n) is 6.31. The predicted molar refractivity (Wildman–Crippen MR) is 101 cm³/mol. The summed E-state index contributed by atoms with van der Waals surface area (Å²) in [5, 5.41) is 2.92. The van der Waals surface area contributed by atoms with Crippen LogP contribution in [0.5, 0.6) is 5.75 Å². The van der Waals surface area contributed by atoms with Gasteiger partial charge in [-0.15, -0.1) is 0 Å². The van der Waals surface area contributed by atoms with Crippen LogP contribution in [0.4, 0.5) is 0 Å². The number of amides is 1. The third-order valence-electron chi connectivity index (χ3n) is 4.43. The van der Waals surface area contributed by atoms with E-state index in [0.29, 0.717) is 6.54 Å². The van der Waals surface area contributed by atoms with E-state index in [1.165, 1.54) is 0 Å². The highest BCUT2D eigenvalue weighted by Gasteiger charge is 2.15. The highest BCUT2D eigenvalue weighted by atomic mass is 16.5. The molecule has 3 rings (SSSR count). The fraction of sp³-hybridized carbons (Fsp3) is 0.238. The van der Waals surface area contributed by atoms with Gasteiger partial charge in [-0.2, -0.15) is 0 Å². The Balaban J connectivity index is 1.55. The number of benzene rings is 2. The molecule has 0 aliphatic heterocycles. The summed E-state index contributed by atoms with van der Waals surface area (Å²) in [6, 6.07) is 13.8. The van der Waals surface area contributed by atoms with Crippen molar-refractivity contribution in [2.75, 3.05) is 0 Å². The number of imidazole rings is 1. The first-order valence-corrected chi connectivity index (χ1v) is 8.62. The molecule has 0 saturated carbocycles. The third-order valence-corrected chi connectivity index (χ3v) is 4.43. The smallest absolute Gasteiger partial charge is 0.261 e. The van der Waals surface area contributed by atoms with E-state index in [0.717, 1.165) is 28.1 Å². The Bertz CT molecular complexity index is 871. The molecule has 0 aliphatic rings. The van der Waals surface area contributed by atoms with Crippen molar-refractivity contribution in [2.45, 2.75) is 33.4 Å². The molecule has 1 aromatic heterocycles. The molecule has 0 saturated heterocycles.